The number of unbranched alkanes of at least 4 members (excludes halogenated alkanes) is 6. The molecule has 0 spiro atoms. The summed E-state index contributed by atoms with van der Waals surface area (Å²) < 4.78 is 1.99. The molecule has 6 heteroatoms. The smallest absolute Gasteiger partial charge is 0.230 e. The van der Waals surface area contributed by atoms with Gasteiger partial charge in [0.2, 0.25) is 5.91 Å². The van der Waals surface area contributed by atoms with Crippen LogP contribution in [0.15, 0.2) is 29.4 Å². The molecule has 5 nitrogen and oxygen atoms in total. The van der Waals surface area contributed by atoms with Gasteiger partial charge in [0.25, 0.3) is 0 Å². The van der Waals surface area contributed by atoms with E-state index in [1.54, 1.807) is 0 Å². The predicted molar refractivity (Wildman–Crippen MR) is 113 cm³/mol. The Labute approximate surface area is 167 Å². The van der Waals surface area contributed by atoms with E-state index in [9.17, 15) is 4.79 Å². The fraction of sp³-hybridized carbons (Fsp3) is 0.571. The lowest BCUT2D eigenvalue weighted by molar-refractivity contribution is -0.118. The van der Waals surface area contributed by atoms with E-state index in [4.69, 9.17) is 0 Å². The van der Waals surface area contributed by atoms with Crippen molar-refractivity contribution in [3.8, 4) is 5.69 Å². The van der Waals surface area contributed by atoms with Crippen molar-refractivity contribution < 1.29 is 4.79 Å². The zero-order valence-electron chi connectivity index (χ0n) is 16.8. The molecule has 1 aromatic carbocycles. The number of thioether (sulfide) groups is 1. The summed E-state index contributed by atoms with van der Waals surface area (Å²) in [5.74, 6) is 1.24. The van der Waals surface area contributed by atoms with Gasteiger partial charge < -0.3 is 5.32 Å². The first-order valence-corrected chi connectivity index (χ1v) is 11.0. The van der Waals surface area contributed by atoms with Gasteiger partial charge >= 0.3 is 0 Å². The van der Waals surface area contributed by atoms with Crippen LogP contribution in [0.1, 0.15) is 63.3 Å². The number of rotatable bonds is 12. The standard InChI is InChI=1S/C21H32N4OS/c1-4-5-6-7-8-9-10-15-22-20(26)16-27-21-24-23-18(3)25(21)19-13-11-17(2)12-14-19/h11-14H,4-10,15-16H2,1-3H3,(H,22,26). The first kappa shape index (κ1) is 21.5. The lowest BCUT2D eigenvalue weighted by atomic mass is 10.1. The molecule has 2 aromatic rings. The first-order valence-electron chi connectivity index (χ1n) is 10.0. The number of carbonyl (C=O) groups is 1. The predicted octanol–water partition coefficient (Wildman–Crippen LogP) is 4.84. The van der Waals surface area contributed by atoms with E-state index in [0.717, 1.165) is 29.6 Å². The van der Waals surface area contributed by atoms with Crippen molar-refractivity contribution in [2.45, 2.75) is 70.9 Å². The van der Waals surface area contributed by atoms with Crippen molar-refractivity contribution in [1.82, 2.24) is 20.1 Å². The number of benzene rings is 1. The number of aryl methyl sites for hydroxylation is 2. The summed E-state index contributed by atoms with van der Waals surface area (Å²) in [5, 5.41) is 12.2. The highest BCUT2D eigenvalue weighted by molar-refractivity contribution is 7.99. The van der Waals surface area contributed by atoms with Crippen molar-refractivity contribution in [3.05, 3.63) is 35.7 Å². The van der Waals surface area contributed by atoms with Gasteiger partial charge in [-0.3, -0.25) is 9.36 Å². The molecule has 0 saturated heterocycles. The molecule has 1 aromatic heterocycles. The van der Waals surface area contributed by atoms with Gasteiger partial charge in [-0.25, -0.2) is 0 Å². The molecule has 0 atom stereocenters. The topological polar surface area (TPSA) is 59.8 Å². The number of hydrogen-bond acceptors (Lipinski definition) is 4. The number of amides is 1. The maximum absolute atomic E-state index is 12.1. The normalized spacial score (nSPS) is 10.9. The van der Waals surface area contributed by atoms with Gasteiger partial charge in [-0.1, -0.05) is 74.9 Å². The van der Waals surface area contributed by atoms with Crippen LogP contribution in [0.4, 0.5) is 0 Å². The van der Waals surface area contributed by atoms with Crippen LogP contribution in [0.25, 0.3) is 5.69 Å². The Morgan fingerprint density at radius 2 is 1.67 bits per heavy atom. The molecule has 1 N–H and O–H groups in total. The summed E-state index contributed by atoms with van der Waals surface area (Å²) in [6.07, 6.45) is 8.78. The SMILES string of the molecule is CCCCCCCCCNC(=O)CSc1nnc(C)n1-c1ccc(C)cc1. The Hall–Kier alpha value is -1.82. The Morgan fingerprint density at radius 1 is 1.00 bits per heavy atom. The molecule has 27 heavy (non-hydrogen) atoms. The fourth-order valence-electron chi connectivity index (χ4n) is 2.92. The second kappa shape index (κ2) is 11.8. The number of carbonyl (C=O) groups excluding carboxylic acids is 1. The van der Waals surface area contributed by atoms with Crippen LogP contribution in [0.3, 0.4) is 0 Å². The van der Waals surface area contributed by atoms with Crippen LogP contribution in [0, 0.1) is 13.8 Å². The molecule has 1 amide bonds. The van der Waals surface area contributed by atoms with Gasteiger partial charge in [0.1, 0.15) is 5.82 Å². The Morgan fingerprint density at radius 3 is 2.37 bits per heavy atom. The monoisotopic (exact) mass is 388 g/mol. The third kappa shape index (κ3) is 7.37. The molecular formula is C21H32N4OS. The second-order valence-corrected chi connectivity index (χ2v) is 7.90. The van der Waals surface area contributed by atoms with Gasteiger partial charge in [0.15, 0.2) is 5.16 Å². The van der Waals surface area contributed by atoms with E-state index in [-0.39, 0.29) is 5.91 Å². The average Bonchev–Trinajstić information content (AvgIpc) is 3.03. The molecule has 0 bridgehead atoms. The third-order valence-corrected chi connectivity index (χ3v) is 5.45. The maximum atomic E-state index is 12.1. The summed E-state index contributed by atoms with van der Waals surface area (Å²) in [6, 6.07) is 8.24. The molecule has 0 unspecified atom stereocenters. The van der Waals surface area contributed by atoms with Gasteiger partial charge in [0.05, 0.1) is 5.75 Å². The molecule has 2 rings (SSSR count). The molecule has 0 radical (unpaired) electrons. The summed E-state index contributed by atoms with van der Waals surface area (Å²) >= 11 is 1.43. The minimum atomic E-state index is 0.0575. The molecule has 1 heterocycles. The van der Waals surface area contributed by atoms with E-state index in [2.05, 4.69) is 53.6 Å². The Bertz CT molecular complexity index is 697. The van der Waals surface area contributed by atoms with E-state index >= 15 is 0 Å². The van der Waals surface area contributed by atoms with Crippen molar-refractivity contribution in [2.24, 2.45) is 0 Å². The van der Waals surface area contributed by atoms with Crippen LogP contribution in [0.2, 0.25) is 0 Å². The Balaban J connectivity index is 1.72. The minimum Gasteiger partial charge on any atom is -0.355 e. The van der Waals surface area contributed by atoms with Crippen LogP contribution < -0.4 is 5.32 Å². The van der Waals surface area contributed by atoms with Crippen molar-refractivity contribution >= 4 is 17.7 Å². The van der Waals surface area contributed by atoms with Gasteiger partial charge in [-0.15, -0.1) is 10.2 Å². The number of nitrogens with zero attached hydrogens (tertiary/aromatic N) is 3. The molecule has 0 aliphatic rings. The molecule has 0 aliphatic heterocycles. The minimum absolute atomic E-state index is 0.0575. The van der Waals surface area contributed by atoms with Crippen LogP contribution in [-0.4, -0.2) is 33.0 Å². The van der Waals surface area contributed by atoms with E-state index in [1.807, 2.05) is 11.5 Å². The maximum Gasteiger partial charge on any atom is 0.230 e. The van der Waals surface area contributed by atoms with Crippen LogP contribution >= 0.6 is 11.8 Å². The van der Waals surface area contributed by atoms with Gasteiger partial charge in [-0.05, 0) is 32.4 Å². The molecule has 0 aliphatic carbocycles. The zero-order valence-corrected chi connectivity index (χ0v) is 17.6. The fourth-order valence-corrected chi connectivity index (χ4v) is 3.75. The quantitative estimate of drug-likeness (QED) is 0.417. The highest BCUT2D eigenvalue weighted by Crippen LogP contribution is 2.21. The molecular weight excluding hydrogens is 356 g/mol. The third-order valence-electron chi connectivity index (χ3n) is 4.52. The molecule has 0 fully saturated rings. The van der Waals surface area contributed by atoms with E-state index < -0.39 is 0 Å². The van der Waals surface area contributed by atoms with Crippen LogP contribution in [0.5, 0.6) is 0 Å². The zero-order chi connectivity index (χ0) is 19.5. The summed E-state index contributed by atoms with van der Waals surface area (Å²) in [7, 11) is 0. The van der Waals surface area contributed by atoms with Gasteiger partial charge in [-0.2, -0.15) is 0 Å². The summed E-state index contributed by atoms with van der Waals surface area (Å²) in [4.78, 5) is 12.1. The number of aromatic nitrogens is 3. The summed E-state index contributed by atoms with van der Waals surface area (Å²) in [6.45, 7) is 6.99. The first-order chi connectivity index (χ1) is 13.1. The molecule has 148 valence electrons. The van der Waals surface area contributed by atoms with Crippen LogP contribution in [-0.2, 0) is 4.79 Å². The average molecular weight is 389 g/mol. The van der Waals surface area contributed by atoms with E-state index in [0.29, 0.717) is 5.75 Å². The lowest BCUT2D eigenvalue weighted by Crippen LogP contribution is -2.26. The Kier molecular flexibility index (Phi) is 9.39. The lowest BCUT2D eigenvalue weighted by Gasteiger charge is -2.09. The number of hydrogen-bond donors (Lipinski definition) is 1. The van der Waals surface area contributed by atoms with Crippen molar-refractivity contribution in [1.29, 1.82) is 0 Å². The number of nitrogens with one attached hydrogen (secondary N) is 1. The van der Waals surface area contributed by atoms with Crippen molar-refractivity contribution in [3.63, 3.8) is 0 Å². The summed E-state index contributed by atoms with van der Waals surface area (Å²) in [5.41, 5.74) is 2.23. The highest BCUT2D eigenvalue weighted by Gasteiger charge is 2.13. The highest BCUT2D eigenvalue weighted by atomic mass is 32.2. The van der Waals surface area contributed by atoms with Crippen molar-refractivity contribution in [2.75, 3.05) is 12.3 Å². The largest absolute Gasteiger partial charge is 0.355 e. The van der Waals surface area contributed by atoms with Gasteiger partial charge in [0, 0.05) is 12.2 Å². The van der Waals surface area contributed by atoms with E-state index in [1.165, 1.54) is 55.9 Å². The molecule has 0 saturated carbocycles. The second-order valence-electron chi connectivity index (χ2n) is 6.96.